The van der Waals surface area contributed by atoms with Crippen LogP contribution in [0.5, 0.6) is 0 Å². The molecule has 4 heterocycles. The Hall–Kier alpha value is -3.27. The van der Waals surface area contributed by atoms with E-state index in [9.17, 15) is 9.90 Å². The largest absolute Gasteiger partial charge is 0.387 e. The van der Waals surface area contributed by atoms with Crippen molar-refractivity contribution in [1.29, 1.82) is 0 Å². The number of aryl methyl sites for hydroxylation is 1. The van der Waals surface area contributed by atoms with Gasteiger partial charge in [-0.25, -0.2) is 4.52 Å². The number of anilines is 2. The van der Waals surface area contributed by atoms with E-state index < -0.39 is 5.60 Å². The first-order valence-electron chi connectivity index (χ1n) is 9.81. The molecule has 4 aromatic rings. The molecule has 1 aliphatic heterocycles. The number of pyridine rings is 1. The summed E-state index contributed by atoms with van der Waals surface area (Å²) < 4.78 is 6.84. The third kappa shape index (κ3) is 3.46. The standard InChI is InChI=1S/C22H21N5O3S/c1-13-18(7-16(23-2)8-24-13)26-20(28)17-9-25-27-10-19(31-21(17)27)14-3-5-15(6-4-14)22(29)11-30-12-22/h3-10,23,29H,11-12H2,1-2H3,(H,26,28). The molecular weight excluding hydrogens is 414 g/mol. The van der Waals surface area contributed by atoms with E-state index in [1.165, 1.54) is 11.3 Å². The highest BCUT2D eigenvalue weighted by Gasteiger charge is 2.37. The van der Waals surface area contributed by atoms with Crippen LogP contribution in [0.3, 0.4) is 0 Å². The number of nitrogens with one attached hydrogen (secondary N) is 2. The van der Waals surface area contributed by atoms with Gasteiger partial charge in [-0.05, 0) is 24.1 Å². The molecule has 0 unspecified atom stereocenters. The second-order valence-corrected chi connectivity index (χ2v) is 8.60. The minimum Gasteiger partial charge on any atom is -0.387 e. The summed E-state index contributed by atoms with van der Waals surface area (Å²) in [7, 11) is 1.80. The summed E-state index contributed by atoms with van der Waals surface area (Å²) in [5, 5.41) is 20.7. The Kier molecular flexibility index (Phi) is 4.73. The molecule has 1 fully saturated rings. The first-order valence-corrected chi connectivity index (χ1v) is 10.6. The minimum absolute atomic E-state index is 0.232. The fourth-order valence-electron chi connectivity index (χ4n) is 3.47. The van der Waals surface area contributed by atoms with Crippen LogP contribution >= 0.6 is 11.3 Å². The molecule has 31 heavy (non-hydrogen) atoms. The van der Waals surface area contributed by atoms with Crippen molar-refractivity contribution in [2.24, 2.45) is 0 Å². The molecule has 1 aromatic carbocycles. The fourth-order valence-corrected chi connectivity index (χ4v) is 4.53. The molecule has 0 atom stereocenters. The summed E-state index contributed by atoms with van der Waals surface area (Å²) in [5.74, 6) is -0.232. The van der Waals surface area contributed by atoms with Crippen molar-refractivity contribution in [1.82, 2.24) is 14.6 Å². The maximum Gasteiger partial charge on any atom is 0.260 e. The van der Waals surface area contributed by atoms with Crippen molar-refractivity contribution < 1.29 is 14.6 Å². The van der Waals surface area contributed by atoms with E-state index in [0.29, 0.717) is 24.5 Å². The Morgan fingerprint density at radius 1 is 1.26 bits per heavy atom. The number of benzene rings is 1. The third-order valence-electron chi connectivity index (χ3n) is 5.45. The van der Waals surface area contributed by atoms with Crippen LogP contribution in [0.2, 0.25) is 0 Å². The predicted octanol–water partition coefficient (Wildman–Crippen LogP) is 3.28. The summed E-state index contributed by atoms with van der Waals surface area (Å²) in [6.07, 6.45) is 5.20. The molecule has 0 bridgehead atoms. The number of nitrogens with zero attached hydrogens (tertiary/aromatic N) is 3. The number of hydrogen-bond acceptors (Lipinski definition) is 7. The Bertz CT molecular complexity index is 1270. The molecule has 8 nitrogen and oxygen atoms in total. The zero-order valence-electron chi connectivity index (χ0n) is 17.0. The van der Waals surface area contributed by atoms with E-state index >= 15 is 0 Å². The quantitative estimate of drug-likeness (QED) is 0.445. The molecule has 3 N–H and O–H groups in total. The summed E-state index contributed by atoms with van der Waals surface area (Å²) in [6, 6.07) is 9.62. The Balaban J connectivity index is 1.41. The molecule has 0 radical (unpaired) electrons. The SMILES string of the molecule is CNc1cnc(C)c(NC(=O)c2cnn3cc(-c4ccc(C5(O)COC5)cc4)sc23)c1. The van der Waals surface area contributed by atoms with Crippen molar-refractivity contribution in [2.75, 3.05) is 30.9 Å². The number of hydrogen-bond donors (Lipinski definition) is 3. The third-order valence-corrected chi connectivity index (χ3v) is 6.61. The van der Waals surface area contributed by atoms with E-state index in [2.05, 4.69) is 20.7 Å². The number of thiazole rings is 1. The molecule has 0 saturated carbocycles. The van der Waals surface area contributed by atoms with Gasteiger partial charge in [0.05, 0.1) is 53.1 Å². The smallest absolute Gasteiger partial charge is 0.260 e. The van der Waals surface area contributed by atoms with Crippen LogP contribution in [0.15, 0.2) is 48.9 Å². The van der Waals surface area contributed by atoms with Gasteiger partial charge < -0.3 is 20.5 Å². The molecule has 5 rings (SSSR count). The van der Waals surface area contributed by atoms with Gasteiger partial charge in [-0.1, -0.05) is 24.3 Å². The van der Waals surface area contributed by atoms with Gasteiger partial charge in [0.1, 0.15) is 10.4 Å². The Labute approximate surface area is 182 Å². The second kappa shape index (κ2) is 7.45. The fraction of sp³-hybridized carbons (Fsp3) is 0.227. The molecule has 9 heteroatoms. The van der Waals surface area contributed by atoms with Crippen LogP contribution in [-0.2, 0) is 10.3 Å². The van der Waals surface area contributed by atoms with E-state index in [4.69, 9.17) is 4.74 Å². The molecule has 1 saturated heterocycles. The van der Waals surface area contributed by atoms with E-state index in [1.807, 2.05) is 43.5 Å². The van der Waals surface area contributed by atoms with Crippen LogP contribution in [-0.4, -0.2) is 45.9 Å². The average molecular weight is 436 g/mol. The predicted molar refractivity (Wildman–Crippen MR) is 120 cm³/mol. The zero-order valence-corrected chi connectivity index (χ0v) is 17.9. The van der Waals surface area contributed by atoms with Gasteiger partial charge in [0.25, 0.3) is 5.91 Å². The van der Waals surface area contributed by atoms with Crippen LogP contribution < -0.4 is 10.6 Å². The first kappa shape index (κ1) is 19.7. The van der Waals surface area contributed by atoms with E-state index in [-0.39, 0.29) is 5.91 Å². The summed E-state index contributed by atoms with van der Waals surface area (Å²) in [5.41, 5.74) is 3.67. The van der Waals surface area contributed by atoms with Gasteiger partial charge in [-0.3, -0.25) is 9.78 Å². The van der Waals surface area contributed by atoms with Crippen LogP contribution in [0, 0.1) is 6.92 Å². The lowest BCUT2D eigenvalue weighted by molar-refractivity contribution is -0.184. The normalized spacial score (nSPS) is 14.9. The van der Waals surface area contributed by atoms with E-state index in [1.54, 1.807) is 24.0 Å². The maximum atomic E-state index is 12.9. The zero-order chi connectivity index (χ0) is 21.6. The number of fused-ring (bicyclic) bond motifs is 1. The topological polar surface area (TPSA) is 101 Å². The number of carbonyl (C=O) groups excluding carboxylic acids is 1. The summed E-state index contributed by atoms with van der Waals surface area (Å²) in [6.45, 7) is 2.50. The number of aromatic nitrogens is 3. The van der Waals surface area contributed by atoms with Crippen molar-refractivity contribution in [3.8, 4) is 10.4 Å². The van der Waals surface area contributed by atoms with E-state index in [0.717, 1.165) is 32.2 Å². The lowest BCUT2D eigenvalue weighted by Gasteiger charge is -2.36. The number of aliphatic hydroxyl groups is 1. The molecular formula is C22H21N5O3S. The maximum absolute atomic E-state index is 12.9. The van der Waals surface area contributed by atoms with Crippen LogP contribution in [0.1, 0.15) is 21.6 Å². The average Bonchev–Trinajstić information content (AvgIpc) is 3.34. The van der Waals surface area contributed by atoms with Gasteiger partial charge >= 0.3 is 0 Å². The number of amides is 1. The lowest BCUT2D eigenvalue weighted by Crippen LogP contribution is -2.46. The highest BCUT2D eigenvalue weighted by molar-refractivity contribution is 7.21. The number of rotatable bonds is 5. The number of carbonyl (C=O) groups is 1. The van der Waals surface area contributed by atoms with Crippen LogP contribution in [0.4, 0.5) is 11.4 Å². The van der Waals surface area contributed by atoms with Gasteiger partial charge in [-0.2, -0.15) is 5.10 Å². The van der Waals surface area contributed by atoms with Crippen molar-refractivity contribution in [2.45, 2.75) is 12.5 Å². The van der Waals surface area contributed by atoms with Gasteiger partial charge in [0, 0.05) is 13.2 Å². The van der Waals surface area contributed by atoms with Gasteiger partial charge in [0.15, 0.2) is 0 Å². The van der Waals surface area contributed by atoms with Crippen molar-refractivity contribution in [3.63, 3.8) is 0 Å². The second-order valence-electron chi connectivity index (χ2n) is 7.57. The molecule has 1 amide bonds. The number of ether oxygens (including phenoxy) is 1. The van der Waals surface area contributed by atoms with Gasteiger partial charge in [-0.15, -0.1) is 11.3 Å². The molecule has 3 aromatic heterocycles. The Morgan fingerprint density at radius 3 is 2.71 bits per heavy atom. The highest BCUT2D eigenvalue weighted by Crippen LogP contribution is 2.34. The lowest BCUT2D eigenvalue weighted by atomic mass is 9.91. The summed E-state index contributed by atoms with van der Waals surface area (Å²) >= 11 is 1.49. The van der Waals surface area contributed by atoms with Crippen molar-refractivity contribution in [3.05, 3.63) is 65.7 Å². The summed E-state index contributed by atoms with van der Waals surface area (Å²) in [4.78, 5) is 19.0. The monoisotopic (exact) mass is 435 g/mol. The van der Waals surface area contributed by atoms with Crippen LogP contribution in [0.25, 0.3) is 15.3 Å². The molecule has 158 valence electrons. The van der Waals surface area contributed by atoms with Gasteiger partial charge in [0.2, 0.25) is 0 Å². The Morgan fingerprint density at radius 2 is 2.03 bits per heavy atom. The first-order chi connectivity index (χ1) is 15.0. The molecule has 1 aliphatic rings. The molecule has 0 spiro atoms. The minimum atomic E-state index is -0.884. The molecule has 0 aliphatic carbocycles. The highest BCUT2D eigenvalue weighted by atomic mass is 32.1. The van der Waals surface area contributed by atoms with Crippen molar-refractivity contribution >= 4 is 33.4 Å².